The van der Waals surface area contributed by atoms with E-state index in [1.807, 2.05) is 0 Å². The third kappa shape index (κ3) is 4.36. The van der Waals surface area contributed by atoms with Gasteiger partial charge < -0.3 is 18.9 Å². The molecule has 184 valence electrons. The van der Waals surface area contributed by atoms with E-state index >= 15 is 8.78 Å². The molecule has 0 aliphatic carbocycles. The predicted octanol–water partition coefficient (Wildman–Crippen LogP) is 3.99. The Morgan fingerprint density at radius 3 is 2.57 bits per heavy atom. The zero-order valence-corrected chi connectivity index (χ0v) is 19.6. The van der Waals surface area contributed by atoms with Crippen LogP contribution in [0.5, 0.6) is 0 Å². The van der Waals surface area contributed by atoms with E-state index in [4.69, 9.17) is 16.3 Å². The van der Waals surface area contributed by atoms with Gasteiger partial charge in [0, 0.05) is 57.4 Å². The average Bonchev–Trinajstić information content (AvgIpc) is 3.38. The van der Waals surface area contributed by atoms with E-state index in [-0.39, 0.29) is 46.8 Å². The Hall–Kier alpha value is -3.11. The number of halogens is 4. The van der Waals surface area contributed by atoms with Crippen molar-refractivity contribution in [3.8, 4) is 11.3 Å². The lowest BCUT2D eigenvalue weighted by Gasteiger charge is -2.32. The van der Waals surface area contributed by atoms with Crippen LogP contribution in [0.3, 0.4) is 0 Å². The molecule has 0 unspecified atom stereocenters. The number of rotatable bonds is 4. The largest absolute Gasteiger partial charge is 0.374 e. The van der Waals surface area contributed by atoms with Crippen molar-refractivity contribution in [1.82, 2.24) is 14.3 Å². The van der Waals surface area contributed by atoms with Crippen LogP contribution < -0.4 is 4.90 Å². The second-order valence-electron chi connectivity index (χ2n) is 8.70. The van der Waals surface area contributed by atoms with Crippen LogP contribution in [0.15, 0.2) is 24.4 Å². The van der Waals surface area contributed by atoms with Crippen LogP contribution in [0.2, 0.25) is 5.02 Å². The molecular formula is C24H22ClF3N4O3. The Kier molecular flexibility index (Phi) is 6.18. The molecule has 5 rings (SSSR count). The summed E-state index contributed by atoms with van der Waals surface area (Å²) in [6.45, 7) is 2.86. The Morgan fingerprint density at radius 1 is 1.17 bits per heavy atom. The van der Waals surface area contributed by atoms with Crippen LogP contribution in [0.4, 0.5) is 18.9 Å². The van der Waals surface area contributed by atoms with Gasteiger partial charge in [0.05, 0.1) is 34.7 Å². The number of anilines is 1. The first-order chi connectivity index (χ1) is 16.7. The number of pyridine rings is 1. The summed E-state index contributed by atoms with van der Waals surface area (Å²) in [6.07, 6.45) is 1.69. The fourth-order valence-corrected chi connectivity index (χ4v) is 4.84. The highest BCUT2D eigenvalue weighted by atomic mass is 35.5. The van der Waals surface area contributed by atoms with Crippen molar-refractivity contribution < 1.29 is 27.5 Å². The van der Waals surface area contributed by atoms with Crippen LogP contribution in [0.1, 0.15) is 25.5 Å². The molecule has 4 heterocycles. The summed E-state index contributed by atoms with van der Waals surface area (Å²) in [7, 11) is 0. The van der Waals surface area contributed by atoms with E-state index in [2.05, 4.69) is 4.98 Å². The maximum Gasteiger partial charge on any atom is 0.227 e. The molecule has 2 aliphatic rings. The second kappa shape index (κ2) is 9.16. The summed E-state index contributed by atoms with van der Waals surface area (Å²) in [4.78, 5) is 31.3. The first-order valence-electron chi connectivity index (χ1n) is 11.3. The van der Waals surface area contributed by atoms with Crippen LogP contribution in [-0.4, -0.2) is 58.4 Å². The minimum Gasteiger partial charge on any atom is -0.374 e. The fourth-order valence-electron chi connectivity index (χ4n) is 4.69. The van der Waals surface area contributed by atoms with Crippen molar-refractivity contribution in [2.45, 2.75) is 32.3 Å². The van der Waals surface area contributed by atoms with E-state index in [0.29, 0.717) is 38.2 Å². The molecule has 2 saturated heterocycles. The number of hydrogen-bond acceptors (Lipinski definition) is 4. The van der Waals surface area contributed by atoms with Gasteiger partial charge in [-0.05, 0) is 18.6 Å². The molecule has 2 aromatic heterocycles. The lowest BCUT2D eigenvalue weighted by atomic mass is 10.0. The number of carbonyl (C=O) groups excluding carboxylic acids is 2. The average molecular weight is 507 g/mol. The van der Waals surface area contributed by atoms with Crippen molar-refractivity contribution in [2.75, 3.05) is 31.1 Å². The fraction of sp³-hybridized carbons (Fsp3) is 0.375. The maximum absolute atomic E-state index is 15.4. The van der Waals surface area contributed by atoms with Gasteiger partial charge in [-0.25, -0.2) is 18.2 Å². The van der Waals surface area contributed by atoms with Crippen molar-refractivity contribution in [3.05, 3.63) is 52.6 Å². The van der Waals surface area contributed by atoms with Gasteiger partial charge in [0.2, 0.25) is 11.8 Å². The molecule has 2 fully saturated rings. The summed E-state index contributed by atoms with van der Waals surface area (Å²) >= 11 is 5.93. The Balaban J connectivity index is 1.61. The third-order valence-electron chi connectivity index (χ3n) is 6.42. The number of nitrogens with zero attached hydrogens (tertiary/aromatic N) is 4. The number of imidazole rings is 1. The van der Waals surface area contributed by atoms with Crippen molar-refractivity contribution >= 4 is 34.7 Å². The number of amides is 2. The minimum absolute atomic E-state index is 0.0236. The molecular weight excluding hydrogens is 485 g/mol. The highest BCUT2D eigenvalue weighted by molar-refractivity contribution is 6.31. The van der Waals surface area contributed by atoms with Gasteiger partial charge in [0.1, 0.15) is 17.3 Å². The number of benzene rings is 1. The quantitative estimate of drug-likeness (QED) is 0.537. The molecule has 0 saturated carbocycles. The molecule has 1 aromatic carbocycles. The monoisotopic (exact) mass is 506 g/mol. The van der Waals surface area contributed by atoms with Crippen LogP contribution in [0.25, 0.3) is 16.9 Å². The lowest BCUT2D eigenvalue weighted by molar-refractivity contribution is -0.136. The van der Waals surface area contributed by atoms with Crippen molar-refractivity contribution in [1.29, 1.82) is 0 Å². The summed E-state index contributed by atoms with van der Waals surface area (Å²) in [6, 6.07) is 3.50. The highest BCUT2D eigenvalue weighted by Gasteiger charge is 2.30. The summed E-state index contributed by atoms with van der Waals surface area (Å²) in [5, 5.41) is -0.180. The van der Waals surface area contributed by atoms with Gasteiger partial charge in [-0.15, -0.1) is 0 Å². The molecule has 0 N–H and O–H groups in total. The number of aromatic nitrogens is 2. The first-order valence-corrected chi connectivity index (χ1v) is 11.6. The first kappa shape index (κ1) is 23.6. The van der Waals surface area contributed by atoms with Gasteiger partial charge in [0.25, 0.3) is 0 Å². The van der Waals surface area contributed by atoms with Crippen LogP contribution >= 0.6 is 11.6 Å². The highest BCUT2D eigenvalue weighted by Crippen LogP contribution is 2.35. The van der Waals surface area contributed by atoms with Crippen molar-refractivity contribution in [3.63, 3.8) is 0 Å². The molecule has 0 radical (unpaired) electrons. The van der Waals surface area contributed by atoms with Crippen LogP contribution in [0, 0.1) is 17.5 Å². The number of hydrogen-bond donors (Lipinski definition) is 0. The Bertz CT molecular complexity index is 1320. The summed E-state index contributed by atoms with van der Waals surface area (Å²) in [5.41, 5.74) is 0.240. The normalized spacial score (nSPS) is 18.7. The van der Waals surface area contributed by atoms with E-state index in [1.54, 1.807) is 4.90 Å². The molecule has 3 aromatic rings. The van der Waals surface area contributed by atoms with Gasteiger partial charge >= 0.3 is 0 Å². The maximum atomic E-state index is 15.4. The minimum atomic E-state index is -0.897. The molecule has 7 nitrogen and oxygen atoms in total. The molecule has 2 aliphatic heterocycles. The zero-order valence-electron chi connectivity index (χ0n) is 18.9. The van der Waals surface area contributed by atoms with Crippen LogP contribution in [-0.2, 0) is 20.7 Å². The van der Waals surface area contributed by atoms with Gasteiger partial charge in [-0.2, -0.15) is 0 Å². The van der Waals surface area contributed by atoms with E-state index in [9.17, 15) is 14.0 Å². The molecule has 0 spiro atoms. The number of ether oxygens (including phenoxy) is 1. The molecule has 0 bridgehead atoms. The van der Waals surface area contributed by atoms with Crippen molar-refractivity contribution in [2.24, 2.45) is 0 Å². The summed E-state index contributed by atoms with van der Waals surface area (Å²) < 4.78 is 52.3. The Labute approximate surface area is 204 Å². The molecule has 35 heavy (non-hydrogen) atoms. The van der Waals surface area contributed by atoms with E-state index < -0.39 is 29.1 Å². The third-order valence-corrected chi connectivity index (χ3v) is 6.71. The van der Waals surface area contributed by atoms with Gasteiger partial charge in [-0.3, -0.25) is 9.59 Å². The van der Waals surface area contributed by atoms with E-state index in [1.165, 1.54) is 22.3 Å². The predicted molar refractivity (Wildman–Crippen MR) is 123 cm³/mol. The number of fused-ring (bicyclic) bond motifs is 1. The topological polar surface area (TPSA) is 67.2 Å². The zero-order chi connectivity index (χ0) is 24.9. The smallest absolute Gasteiger partial charge is 0.227 e. The number of carbonyl (C=O) groups is 2. The van der Waals surface area contributed by atoms with E-state index in [0.717, 1.165) is 18.3 Å². The lowest BCUT2D eigenvalue weighted by Crippen LogP contribution is -2.45. The van der Waals surface area contributed by atoms with Gasteiger partial charge in [-0.1, -0.05) is 11.6 Å². The standard InChI is InChI=1S/C24H22ClF3N4O3/c1-13(33)30-5-6-35-15(11-30)9-20-24(29-21-10-16(25)19(28)12-32(20)21)23-17(26)7-14(8-18(23)27)31-4-2-3-22(31)34/h7-8,10,12,15H,2-6,9,11H2,1H3/t15-/m0/s1. The number of morpholine rings is 1. The summed E-state index contributed by atoms with van der Waals surface area (Å²) in [5.74, 6) is -2.82. The van der Waals surface area contributed by atoms with Gasteiger partial charge in [0.15, 0.2) is 5.82 Å². The SMILES string of the molecule is CC(=O)N1CCO[C@@H](Cc2c(-c3c(F)cc(N4CCCC4=O)cc3F)nc3cc(Cl)c(F)cn23)C1. The molecule has 11 heteroatoms. The molecule has 2 amide bonds. The molecule has 1 atom stereocenters. The Morgan fingerprint density at radius 2 is 1.91 bits per heavy atom. The second-order valence-corrected chi connectivity index (χ2v) is 9.11.